The van der Waals surface area contributed by atoms with E-state index < -0.39 is 6.09 Å². The fourth-order valence-corrected chi connectivity index (χ4v) is 1.68. The van der Waals surface area contributed by atoms with Gasteiger partial charge in [0.25, 0.3) is 0 Å². The lowest BCUT2D eigenvalue weighted by atomic mass is 10.2. The van der Waals surface area contributed by atoms with Crippen LogP contribution in [0.3, 0.4) is 0 Å². The van der Waals surface area contributed by atoms with E-state index in [1.165, 1.54) is 0 Å². The fraction of sp³-hybridized carbons (Fsp3) is 0.417. The molecule has 1 heterocycles. The molecule has 1 unspecified atom stereocenters. The van der Waals surface area contributed by atoms with Gasteiger partial charge in [0.1, 0.15) is 6.10 Å². The Balaban J connectivity index is 1.88. The van der Waals surface area contributed by atoms with Crippen molar-refractivity contribution in [1.82, 2.24) is 0 Å². The first kappa shape index (κ1) is 11.9. The first-order valence-electron chi connectivity index (χ1n) is 5.62. The van der Waals surface area contributed by atoms with Crippen molar-refractivity contribution >= 4 is 11.8 Å². The molecule has 5 heteroatoms. The van der Waals surface area contributed by atoms with Crippen LogP contribution in [0.5, 0.6) is 0 Å². The Morgan fingerprint density at radius 2 is 2.47 bits per heavy atom. The van der Waals surface area contributed by atoms with Crippen molar-refractivity contribution in [2.24, 2.45) is 5.73 Å². The number of nitrogens with one attached hydrogen (secondary N) is 1. The van der Waals surface area contributed by atoms with Crippen LogP contribution in [0.1, 0.15) is 12.0 Å². The van der Waals surface area contributed by atoms with E-state index in [0.717, 1.165) is 12.0 Å². The number of anilines is 1. The van der Waals surface area contributed by atoms with Gasteiger partial charge in [-0.05, 0) is 17.7 Å². The SMILES string of the molecule is NCc1cccc(NC(=O)OC2CCOC2)c1. The van der Waals surface area contributed by atoms with Crippen LogP contribution in [-0.2, 0) is 16.0 Å². The zero-order valence-corrected chi connectivity index (χ0v) is 9.52. The summed E-state index contributed by atoms with van der Waals surface area (Å²) in [6, 6.07) is 7.37. The second-order valence-corrected chi connectivity index (χ2v) is 3.92. The molecule has 1 atom stereocenters. The molecule has 0 aliphatic carbocycles. The summed E-state index contributed by atoms with van der Waals surface area (Å²) in [6.07, 6.45) is 0.179. The lowest BCUT2D eigenvalue weighted by Crippen LogP contribution is -2.22. The maximum atomic E-state index is 11.5. The smallest absolute Gasteiger partial charge is 0.411 e. The molecule has 92 valence electrons. The highest BCUT2D eigenvalue weighted by atomic mass is 16.6. The summed E-state index contributed by atoms with van der Waals surface area (Å²) in [5.41, 5.74) is 7.18. The highest BCUT2D eigenvalue weighted by molar-refractivity contribution is 5.84. The monoisotopic (exact) mass is 236 g/mol. The van der Waals surface area contributed by atoms with Gasteiger partial charge in [0, 0.05) is 18.7 Å². The quantitative estimate of drug-likeness (QED) is 0.833. The molecule has 2 rings (SSSR count). The molecule has 1 aromatic carbocycles. The van der Waals surface area contributed by atoms with Gasteiger partial charge in [0.15, 0.2) is 0 Å². The molecule has 3 N–H and O–H groups in total. The van der Waals surface area contributed by atoms with E-state index in [-0.39, 0.29) is 6.10 Å². The van der Waals surface area contributed by atoms with Crippen molar-refractivity contribution in [2.45, 2.75) is 19.1 Å². The summed E-state index contributed by atoms with van der Waals surface area (Å²) >= 11 is 0. The van der Waals surface area contributed by atoms with E-state index in [9.17, 15) is 4.79 Å². The molecule has 0 aromatic heterocycles. The molecular weight excluding hydrogens is 220 g/mol. The molecule has 1 aromatic rings. The predicted octanol–water partition coefficient (Wildman–Crippen LogP) is 1.48. The second-order valence-electron chi connectivity index (χ2n) is 3.92. The minimum atomic E-state index is -0.449. The highest BCUT2D eigenvalue weighted by Gasteiger charge is 2.19. The average Bonchev–Trinajstić information content (AvgIpc) is 2.82. The molecule has 0 bridgehead atoms. The number of hydrogen-bond donors (Lipinski definition) is 2. The third-order valence-corrected chi connectivity index (χ3v) is 2.57. The fourth-order valence-electron chi connectivity index (χ4n) is 1.68. The topological polar surface area (TPSA) is 73.6 Å². The number of rotatable bonds is 3. The minimum Gasteiger partial charge on any atom is -0.443 e. The van der Waals surface area contributed by atoms with Gasteiger partial charge in [0.05, 0.1) is 13.2 Å². The van der Waals surface area contributed by atoms with E-state index in [2.05, 4.69) is 5.32 Å². The van der Waals surface area contributed by atoms with Crippen LogP contribution in [-0.4, -0.2) is 25.4 Å². The Labute approximate surface area is 99.9 Å². The van der Waals surface area contributed by atoms with Crippen LogP contribution in [0.4, 0.5) is 10.5 Å². The van der Waals surface area contributed by atoms with Crippen LogP contribution in [0.2, 0.25) is 0 Å². The number of hydrogen-bond acceptors (Lipinski definition) is 4. The summed E-state index contributed by atoms with van der Waals surface area (Å²) in [4.78, 5) is 11.5. The van der Waals surface area contributed by atoms with Crippen molar-refractivity contribution in [1.29, 1.82) is 0 Å². The molecular formula is C12H16N2O3. The van der Waals surface area contributed by atoms with Gasteiger partial charge in [-0.3, -0.25) is 5.32 Å². The summed E-state index contributed by atoms with van der Waals surface area (Å²) in [6.45, 7) is 1.58. The summed E-state index contributed by atoms with van der Waals surface area (Å²) in [5.74, 6) is 0. The molecule has 0 radical (unpaired) electrons. The third-order valence-electron chi connectivity index (χ3n) is 2.57. The summed E-state index contributed by atoms with van der Waals surface area (Å²) in [5, 5.41) is 2.67. The molecule has 1 amide bonds. The van der Waals surface area contributed by atoms with Crippen LogP contribution in [0.15, 0.2) is 24.3 Å². The molecule has 0 spiro atoms. The molecule has 17 heavy (non-hydrogen) atoms. The van der Waals surface area contributed by atoms with Crippen molar-refractivity contribution in [3.8, 4) is 0 Å². The Bertz CT molecular complexity index is 389. The number of ether oxygens (including phenoxy) is 2. The second kappa shape index (κ2) is 5.65. The van der Waals surface area contributed by atoms with E-state index in [1.54, 1.807) is 6.07 Å². The van der Waals surface area contributed by atoms with Crippen LogP contribution >= 0.6 is 0 Å². The first-order valence-corrected chi connectivity index (χ1v) is 5.62. The molecule has 1 fully saturated rings. The number of carbonyl (C=O) groups excluding carboxylic acids is 1. The Morgan fingerprint density at radius 3 is 3.18 bits per heavy atom. The first-order chi connectivity index (χ1) is 8.28. The van der Waals surface area contributed by atoms with Crippen LogP contribution < -0.4 is 11.1 Å². The summed E-state index contributed by atoms with van der Waals surface area (Å²) < 4.78 is 10.3. The van der Waals surface area contributed by atoms with Gasteiger partial charge in [-0.2, -0.15) is 0 Å². The Hall–Kier alpha value is -1.59. The van der Waals surface area contributed by atoms with Gasteiger partial charge in [-0.25, -0.2) is 4.79 Å². The van der Waals surface area contributed by atoms with E-state index in [0.29, 0.717) is 25.4 Å². The Morgan fingerprint density at radius 1 is 1.59 bits per heavy atom. The van der Waals surface area contributed by atoms with Gasteiger partial charge >= 0.3 is 6.09 Å². The average molecular weight is 236 g/mol. The van der Waals surface area contributed by atoms with Gasteiger partial charge < -0.3 is 15.2 Å². The van der Waals surface area contributed by atoms with Crippen LogP contribution in [0, 0.1) is 0 Å². The largest absolute Gasteiger partial charge is 0.443 e. The summed E-state index contributed by atoms with van der Waals surface area (Å²) in [7, 11) is 0. The zero-order chi connectivity index (χ0) is 12.1. The highest BCUT2D eigenvalue weighted by Crippen LogP contribution is 2.13. The zero-order valence-electron chi connectivity index (χ0n) is 9.52. The molecule has 5 nitrogen and oxygen atoms in total. The minimum absolute atomic E-state index is 0.132. The molecule has 1 aliphatic rings. The van der Waals surface area contributed by atoms with E-state index in [1.807, 2.05) is 18.2 Å². The van der Waals surface area contributed by atoms with Crippen molar-refractivity contribution in [3.63, 3.8) is 0 Å². The number of nitrogens with two attached hydrogens (primary N) is 1. The number of benzene rings is 1. The van der Waals surface area contributed by atoms with Crippen molar-refractivity contribution in [2.75, 3.05) is 18.5 Å². The maximum absolute atomic E-state index is 11.5. The van der Waals surface area contributed by atoms with E-state index >= 15 is 0 Å². The lowest BCUT2D eigenvalue weighted by Gasteiger charge is -2.11. The number of carbonyl (C=O) groups is 1. The number of amides is 1. The molecule has 1 saturated heterocycles. The standard InChI is InChI=1S/C12H16N2O3/c13-7-9-2-1-3-10(6-9)14-12(15)17-11-4-5-16-8-11/h1-3,6,11H,4-5,7-8,13H2,(H,14,15). The predicted molar refractivity (Wildman–Crippen MR) is 63.7 cm³/mol. The van der Waals surface area contributed by atoms with Crippen LogP contribution in [0.25, 0.3) is 0 Å². The third kappa shape index (κ3) is 3.44. The Kier molecular flexibility index (Phi) is 3.95. The van der Waals surface area contributed by atoms with Gasteiger partial charge in [-0.15, -0.1) is 0 Å². The van der Waals surface area contributed by atoms with Gasteiger partial charge in [-0.1, -0.05) is 12.1 Å². The molecule has 0 saturated carbocycles. The van der Waals surface area contributed by atoms with E-state index in [4.69, 9.17) is 15.2 Å². The lowest BCUT2D eigenvalue weighted by molar-refractivity contribution is 0.0932. The van der Waals surface area contributed by atoms with Crippen molar-refractivity contribution < 1.29 is 14.3 Å². The van der Waals surface area contributed by atoms with Crippen molar-refractivity contribution in [3.05, 3.63) is 29.8 Å². The molecule has 1 aliphatic heterocycles. The maximum Gasteiger partial charge on any atom is 0.411 e. The van der Waals surface area contributed by atoms with Gasteiger partial charge in [0.2, 0.25) is 0 Å². The normalized spacial score (nSPS) is 19.0.